The maximum atomic E-state index is 10.9. The van der Waals surface area contributed by atoms with Crippen LogP contribution in [0, 0.1) is 0 Å². The fourth-order valence-electron chi connectivity index (χ4n) is 0.643. The molecule has 1 aromatic heterocycles. The number of thioether (sulfide) groups is 1. The smallest absolute Gasteiger partial charge is 0.235 e. The van der Waals surface area contributed by atoms with Crippen LogP contribution in [0.5, 0.6) is 0 Å². The molecule has 11 heavy (non-hydrogen) atoms. The van der Waals surface area contributed by atoms with Crippen molar-refractivity contribution in [2.24, 2.45) is 0 Å². The van der Waals surface area contributed by atoms with Crippen LogP contribution >= 0.6 is 11.8 Å². The van der Waals surface area contributed by atoms with Crippen molar-refractivity contribution in [1.29, 1.82) is 0 Å². The summed E-state index contributed by atoms with van der Waals surface area (Å²) in [5, 5.41) is 8.97. The van der Waals surface area contributed by atoms with Gasteiger partial charge in [0.15, 0.2) is 0 Å². The molecular weight excluding hydrogens is 162 g/mol. The Morgan fingerprint density at radius 2 is 2.73 bits per heavy atom. The molecule has 0 aliphatic heterocycles. The maximum Gasteiger partial charge on any atom is 0.235 e. The van der Waals surface area contributed by atoms with E-state index in [-0.39, 0.29) is 5.91 Å². The summed E-state index contributed by atoms with van der Waals surface area (Å²) in [6, 6.07) is 1.71. The monoisotopic (exact) mass is 171 g/mol. The predicted molar refractivity (Wildman–Crippen MR) is 45.6 cm³/mol. The average molecular weight is 171 g/mol. The summed E-state index contributed by atoms with van der Waals surface area (Å²) >= 11 is 1.49. The first kappa shape index (κ1) is 8.13. The van der Waals surface area contributed by atoms with E-state index in [2.05, 4.69) is 15.5 Å². The van der Waals surface area contributed by atoms with E-state index >= 15 is 0 Å². The van der Waals surface area contributed by atoms with Gasteiger partial charge < -0.3 is 5.32 Å². The van der Waals surface area contributed by atoms with E-state index in [4.69, 9.17) is 0 Å². The third kappa shape index (κ3) is 2.63. The van der Waals surface area contributed by atoms with E-state index in [9.17, 15) is 4.79 Å². The summed E-state index contributed by atoms with van der Waals surface area (Å²) < 4.78 is 0. The Morgan fingerprint density at radius 3 is 3.27 bits per heavy atom. The van der Waals surface area contributed by atoms with Gasteiger partial charge in [-0.1, -0.05) is 0 Å². The van der Waals surface area contributed by atoms with Gasteiger partial charge in [-0.05, 0) is 6.26 Å². The third-order valence-corrected chi connectivity index (χ3v) is 1.60. The van der Waals surface area contributed by atoms with E-state index in [1.165, 1.54) is 11.8 Å². The second kappa shape index (κ2) is 4.02. The number of aromatic amines is 1. The van der Waals surface area contributed by atoms with Crippen LogP contribution < -0.4 is 5.32 Å². The number of aromatic nitrogens is 2. The van der Waals surface area contributed by atoms with Crippen molar-refractivity contribution in [2.75, 3.05) is 17.3 Å². The molecule has 0 aromatic carbocycles. The van der Waals surface area contributed by atoms with Crippen molar-refractivity contribution in [3.05, 3.63) is 12.3 Å². The second-order valence-electron chi connectivity index (χ2n) is 1.95. The lowest BCUT2D eigenvalue weighted by Gasteiger charge is -1.98. The predicted octanol–water partition coefficient (Wildman–Crippen LogP) is 0.711. The largest absolute Gasteiger partial charge is 0.310 e. The molecule has 4 nitrogen and oxygen atoms in total. The minimum Gasteiger partial charge on any atom is -0.310 e. The summed E-state index contributed by atoms with van der Waals surface area (Å²) in [7, 11) is 0. The van der Waals surface area contributed by atoms with E-state index < -0.39 is 0 Å². The minimum atomic E-state index is -0.0123. The molecule has 5 heteroatoms. The molecule has 1 heterocycles. The van der Waals surface area contributed by atoms with Crippen LogP contribution in [-0.4, -0.2) is 28.1 Å². The SMILES string of the molecule is CSCC(=O)Nc1ccn[nH]1. The summed E-state index contributed by atoms with van der Waals surface area (Å²) in [6.07, 6.45) is 3.47. The Bertz CT molecular complexity index is 222. The number of hydrogen-bond donors (Lipinski definition) is 2. The van der Waals surface area contributed by atoms with Gasteiger partial charge in [0.2, 0.25) is 5.91 Å². The van der Waals surface area contributed by atoms with Crippen LogP contribution in [0.15, 0.2) is 12.3 Å². The number of nitrogens with one attached hydrogen (secondary N) is 2. The minimum absolute atomic E-state index is 0.0123. The van der Waals surface area contributed by atoms with Gasteiger partial charge in [0.25, 0.3) is 0 Å². The van der Waals surface area contributed by atoms with Gasteiger partial charge >= 0.3 is 0 Å². The number of carbonyl (C=O) groups excluding carboxylic acids is 1. The Hall–Kier alpha value is -0.970. The first-order valence-corrected chi connectivity index (χ1v) is 4.50. The third-order valence-electron chi connectivity index (χ3n) is 1.05. The van der Waals surface area contributed by atoms with Gasteiger partial charge in [0, 0.05) is 6.07 Å². The lowest BCUT2D eigenvalue weighted by Crippen LogP contribution is -2.13. The molecule has 0 aliphatic rings. The van der Waals surface area contributed by atoms with E-state index in [0.29, 0.717) is 11.6 Å². The highest BCUT2D eigenvalue weighted by Crippen LogP contribution is 1.99. The molecule has 60 valence electrons. The quantitative estimate of drug-likeness (QED) is 0.704. The van der Waals surface area contributed by atoms with Crippen LogP contribution in [0.4, 0.5) is 5.82 Å². The van der Waals surface area contributed by atoms with Gasteiger partial charge in [-0.15, -0.1) is 0 Å². The number of hydrogen-bond acceptors (Lipinski definition) is 3. The van der Waals surface area contributed by atoms with E-state index in [1.54, 1.807) is 12.3 Å². The molecule has 0 unspecified atom stereocenters. The number of carbonyl (C=O) groups is 1. The van der Waals surface area contributed by atoms with Gasteiger partial charge in [-0.25, -0.2) is 0 Å². The summed E-state index contributed by atoms with van der Waals surface area (Å²) in [5.41, 5.74) is 0. The fourth-order valence-corrected chi connectivity index (χ4v) is 0.977. The Balaban J connectivity index is 2.37. The normalized spacial score (nSPS) is 9.55. The highest BCUT2D eigenvalue weighted by molar-refractivity contribution is 7.99. The molecule has 0 saturated heterocycles. The molecule has 0 radical (unpaired) electrons. The number of nitrogens with zero attached hydrogens (tertiary/aromatic N) is 1. The summed E-state index contributed by atoms with van der Waals surface area (Å²) in [5.74, 6) is 1.10. The van der Waals surface area contributed by atoms with E-state index in [1.807, 2.05) is 6.26 Å². The van der Waals surface area contributed by atoms with Crippen molar-refractivity contribution >= 4 is 23.5 Å². The molecule has 0 spiro atoms. The Kier molecular flexibility index (Phi) is 2.97. The highest BCUT2D eigenvalue weighted by atomic mass is 32.2. The van der Waals surface area contributed by atoms with Crippen LogP contribution in [0.2, 0.25) is 0 Å². The van der Waals surface area contributed by atoms with Crippen LogP contribution in [0.1, 0.15) is 0 Å². The summed E-state index contributed by atoms with van der Waals surface area (Å²) in [4.78, 5) is 10.9. The summed E-state index contributed by atoms with van der Waals surface area (Å²) in [6.45, 7) is 0. The van der Waals surface area contributed by atoms with Crippen LogP contribution in [0.3, 0.4) is 0 Å². The Labute approximate surface area is 68.8 Å². The van der Waals surface area contributed by atoms with Gasteiger partial charge in [-0.3, -0.25) is 9.89 Å². The van der Waals surface area contributed by atoms with Gasteiger partial charge in [0.1, 0.15) is 5.82 Å². The first-order chi connectivity index (χ1) is 5.33. The first-order valence-electron chi connectivity index (χ1n) is 3.11. The van der Waals surface area contributed by atoms with Crippen LogP contribution in [-0.2, 0) is 4.79 Å². The molecule has 1 aromatic rings. The number of anilines is 1. The second-order valence-corrected chi connectivity index (χ2v) is 2.82. The molecule has 0 atom stereocenters. The number of H-pyrrole nitrogens is 1. The maximum absolute atomic E-state index is 10.9. The van der Waals surface area contributed by atoms with Crippen molar-refractivity contribution in [2.45, 2.75) is 0 Å². The molecule has 0 aliphatic carbocycles. The lowest BCUT2D eigenvalue weighted by atomic mass is 10.6. The topological polar surface area (TPSA) is 57.8 Å². The zero-order valence-corrected chi connectivity index (χ0v) is 6.94. The number of amides is 1. The zero-order chi connectivity index (χ0) is 8.10. The van der Waals surface area contributed by atoms with Crippen molar-refractivity contribution in [1.82, 2.24) is 10.2 Å². The van der Waals surface area contributed by atoms with Crippen molar-refractivity contribution < 1.29 is 4.79 Å². The molecule has 0 fully saturated rings. The average Bonchev–Trinajstić information content (AvgIpc) is 2.40. The van der Waals surface area contributed by atoms with Gasteiger partial charge in [0.05, 0.1) is 11.9 Å². The number of rotatable bonds is 3. The standard InChI is InChI=1S/C6H9N3OS/c1-11-4-6(10)8-5-2-3-7-9-5/h2-3H,4H2,1H3,(H2,7,8,9,10). The molecular formula is C6H9N3OS. The Morgan fingerprint density at radius 1 is 1.91 bits per heavy atom. The zero-order valence-electron chi connectivity index (χ0n) is 6.13. The van der Waals surface area contributed by atoms with Crippen molar-refractivity contribution in [3.63, 3.8) is 0 Å². The lowest BCUT2D eigenvalue weighted by molar-refractivity contribution is -0.113. The fraction of sp³-hybridized carbons (Fsp3) is 0.333. The molecule has 2 N–H and O–H groups in total. The molecule has 1 rings (SSSR count). The molecule has 0 bridgehead atoms. The van der Waals surface area contributed by atoms with Crippen molar-refractivity contribution in [3.8, 4) is 0 Å². The highest BCUT2D eigenvalue weighted by Gasteiger charge is 1.99. The van der Waals surface area contributed by atoms with Gasteiger partial charge in [-0.2, -0.15) is 16.9 Å². The molecule has 1 amide bonds. The van der Waals surface area contributed by atoms with E-state index in [0.717, 1.165) is 0 Å². The van der Waals surface area contributed by atoms with Crippen LogP contribution in [0.25, 0.3) is 0 Å². The molecule has 0 saturated carbocycles.